The average molecular weight is 251 g/mol. The molecule has 0 heterocycles. The molecule has 0 saturated heterocycles. The summed E-state index contributed by atoms with van der Waals surface area (Å²) in [6, 6.07) is 0. The summed E-state index contributed by atoms with van der Waals surface area (Å²) in [7, 11) is -4.64. The van der Waals surface area contributed by atoms with Crippen LogP contribution in [-0.2, 0) is 30.8 Å². The summed E-state index contributed by atoms with van der Waals surface area (Å²) < 4.78 is 8.88. The van der Waals surface area contributed by atoms with Gasteiger partial charge in [0.15, 0.2) is 0 Å². The van der Waals surface area contributed by atoms with Crippen LogP contribution in [0.25, 0.3) is 0 Å². The molecule has 0 fully saturated rings. The molecule has 0 saturated carbocycles. The van der Waals surface area contributed by atoms with Crippen LogP contribution in [0, 0.1) is 0 Å². The molecule has 7 nitrogen and oxygen atoms in total. The molecule has 0 aliphatic rings. The Morgan fingerprint density at radius 2 is 1.10 bits per heavy atom. The second-order valence-electron chi connectivity index (χ2n) is 0.796. The maximum absolute atomic E-state index is 8.88. The molecule has 0 radical (unpaired) electrons. The topological polar surface area (TPSA) is 135 Å². The smallest absolute Gasteiger partial charge is 0.450 e. The number of carbonyl (C=O) groups is 1. The standard InChI is InChI=1S/CH2O3.H3O4P.Zr/c2-1(3)4;1-5(2,3)4;/h(H2,2,3,4);(H3,1,2,3,4);. The molecule has 5 N–H and O–H groups in total. The summed E-state index contributed by atoms with van der Waals surface area (Å²) >= 11 is 0. The van der Waals surface area contributed by atoms with Gasteiger partial charge in [-0.05, 0) is 0 Å². The first-order chi connectivity index (χ1) is 3.73. The van der Waals surface area contributed by atoms with E-state index >= 15 is 0 Å². The van der Waals surface area contributed by atoms with Crippen molar-refractivity contribution < 1.29 is 60.5 Å². The van der Waals surface area contributed by atoms with Crippen LogP contribution in [0.4, 0.5) is 4.79 Å². The maximum atomic E-state index is 8.88. The van der Waals surface area contributed by atoms with E-state index in [1.54, 1.807) is 0 Å². The van der Waals surface area contributed by atoms with Crippen LogP contribution in [0.5, 0.6) is 0 Å². The van der Waals surface area contributed by atoms with Crippen LogP contribution in [0.1, 0.15) is 0 Å². The summed E-state index contributed by atoms with van der Waals surface area (Å²) in [5.41, 5.74) is 0. The Hall–Kier alpha value is 0.263. The molecule has 0 rings (SSSR count). The first-order valence-corrected chi connectivity index (χ1v) is 3.00. The second-order valence-corrected chi connectivity index (χ2v) is 1.82. The SMILES string of the molecule is O=C(O)O.O=P(O)(O)O.[Zr]. The number of hydrogen-bond donors (Lipinski definition) is 5. The van der Waals surface area contributed by atoms with Gasteiger partial charge in [0, 0.05) is 26.2 Å². The third-order valence-electron chi connectivity index (χ3n) is 0. The Morgan fingerprint density at radius 3 is 1.10 bits per heavy atom. The molecule has 0 bridgehead atoms. The minimum absolute atomic E-state index is 0. The molecule has 0 aromatic heterocycles. The van der Waals surface area contributed by atoms with Gasteiger partial charge in [-0.3, -0.25) is 0 Å². The molecular weight excluding hydrogens is 246 g/mol. The third kappa shape index (κ3) is 6300. The van der Waals surface area contributed by atoms with E-state index in [1.165, 1.54) is 0 Å². The Labute approximate surface area is 74.7 Å². The van der Waals surface area contributed by atoms with Crippen molar-refractivity contribution in [2.75, 3.05) is 0 Å². The van der Waals surface area contributed by atoms with Gasteiger partial charge in [-0.1, -0.05) is 0 Å². The summed E-state index contributed by atoms with van der Waals surface area (Å²) in [6.07, 6.45) is -1.83. The van der Waals surface area contributed by atoms with Gasteiger partial charge in [0.1, 0.15) is 0 Å². The number of carboxylic acid groups (broad SMARTS) is 2. The molecule has 0 aliphatic heterocycles. The van der Waals surface area contributed by atoms with E-state index < -0.39 is 14.0 Å². The van der Waals surface area contributed by atoms with E-state index in [1.807, 2.05) is 0 Å². The van der Waals surface area contributed by atoms with Crippen LogP contribution in [0.15, 0.2) is 0 Å². The van der Waals surface area contributed by atoms with Crippen molar-refractivity contribution in [3.05, 3.63) is 0 Å². The summed E-state index contributed by atoms with van der Waals surface area (Å²) in [5, 5.41) is 13.9. The first-order valence-electron chi connectivity index (χ1n) is 1.43. The Morgan fingerprint density at radius 1 is 1.10 bits per heavy atom. The molecule has 0 unspecified atom stereocenters. The predicted molar refractivity (Wildman–Crippen MR) is 24.9 cm³/mol. The average Bonchev–Trinajstić information content (AvgIpc) is 1.19. The molecule has 0 atom stereocenters. The quantitative estimate of drug-likeness (QED) is 0.359. The Bertz CT molecular complexity index is 113. The Balaban J connectivity index is -0.0000000910. The molecule has 0 spiro atoms. The predicted octanol–water partition coefficient (Wildman–Crippen LogP) is -0.709. The van der Waals surface area contributed by atoms with Crippen molar-refractivity contribution >= 4 is 14.0 Å². The van der Waals surface area contributed by atoms with Crippen molar-refractivity contribution in [2.45, 2.75) is 0 Å². The van der Waals surface area contributed by atoms with Gasteiger partial charge < -0.3 is 24.9 Å². The Kier molecular flexibility index (Phi) is 12.3. The van der Waals surface area contributed by atoms with Gasteiger partial charge in [0.2, 0.25) is 0 Å². The molecule has 60 valence electrons. The third-order valence-corrected chi connectivity index (χ3v) is 0. The van der Waals surface area contributed by atoms with Gasteiger partial charge in [-0.25, -0.2) is 9.36 Å². The minimum Gasteiger partial charge on any atom is -0.450 e. The molecule has 9 heteroatoms. The monoisotopic (exact) mass is 250 g/mol. The van der Waals surface area contributed by atoms with E-state index in [-0.39, 0.29) is 26.2 Å². The van der Waals surface area contributed by atoms with Crippen molar-refractivity contribution in [3.63, 3.8) is 0 Å². The number of rotatable bonds is 0. The zero-order valence-corrected chi connectivity index (χ0v) is 7.85. The van der Waals surface area contributed by atoms with Gasteiger partial charge in [0.25, 0.3) is 0 Å². The van der Waals surface area contributed by atoms with Crippen LogP contribution in [0.2, 0.25) is 0 Å². The summed E-state index contributed by atoms with van der Waals surface area (Å²) in [6.45, 7) is 0. The largest absolute Gasteiger partial charge is 0.503 e. The zero-order chi connectivity index (χ0) is 8.08. The van der Waals surface area contributed by atoms with Gasteiger partial charge >= 0.3 is 14.0 Å². The summed E-state index contributed by atoms with van der Waals surface area (Å²) in [4.78, 5) is 30.1. The van der Waals surface area contributed by atoms with Crippen LogP contribution in [-0.4, -0.2) is 31.0 Å². The molecule has 10 heavy (non-hydrogen) atoms. The second kappa shape index (κ2) is 7.37. The van der Waals surface area contributed by atoms with Crippen molar-refractivity contribution in [3.8, 4) is 0 Å². The summed E-state index contributed by atoms with van der Waals surface area (Å²) in [5.74, 6) is 0. The van der Waals surface area contributed by atoms with Gasteiger partial charge in [-0.2, -0.15) is 0 Å². The fourth-order valence-corrected chi connectivity index (χ4v) is 0. The van der Waals surface area contributed by atoms with E-state index in [0.717, 1.165) is 0 Å². The van der Waals surface area contributed by atoms with Gasteiger partial charge in [0.05, 0.1) is 0 Å². The van der Waals surface area contributed by atoms with Crippen LogP contribution in [0.3, 0.4) is 0 Å². The van der Waals surface area contributed by atoms with E-state index in [0.29, 0.717) is 0 Å². The first kappa shape index (κ1) is 16.7. The molecule has 0 aromatic rings. The normalized spacial score (nSPS) is 8.30. The van der Waals surface area contributed by atoms with Crippen LogP contribution >= 0.6 is 7.82 Å². The van der Waals surface area contributed by atoms with Crippen molar-refractivity contribution in [2.24, 2.45) is 0 Å². The fraction of sp³-hybridized carbons (Fsp3) is 0. The maximum Gasteiger partial charge on any atom is 0.503 e. The molecule has 0 aromatic carbocycles. The number of hydrogen-bond acceptors (Lipinski definition) is 2. The van der Waals surface area contributed by atoms with E-state index in [9.17, 15) is 0 Å². The molecule has 0 aliphatic carbocycles. The van der Waals surface area contributed by atoms with Crippen molar-refractivity contribution in [1.29, 1.82) is 0 Å². The van der Waals surface area contributed by atoms with Crippen LogP contribution < -0.4 is 0 Å². The zero-order valence-electron chi connectivity index (χ0n) is 4.50. The van der Waals surface area contributed by atoms with E-state index in [2.05, 4.69) is 0 Å². The molecular formula is CH5O7PZr. The minimum atomic E-state index is -4.64. The number of phosphoric acid groups is 1. The fourth-order valence-electron chi connectivity index (χ4n) is 0. The van der Waals surface area contributed by atoms with E-state index in [4.69, 9.17) is 34.3 Å². The van der Waals surface area contributed by atoms with Gasteiger partial charge in [-0.15, -0.1) is 0 Å². The van der Waals surface area contributed by atoms with Crippen molar-refractivity contribution in [1.82, 2.24) is 0 Å². The molecule has 0 amide bonds.